The van der Waals surface area contributed by atoms with E-state index in [4.69, 9.17) is 12.2 Å². The Labute approximate surface area is 174 Å². The number of nitrogens with zero attached hydrogens (tertiary/aromatic N) is 2. The zero-order chi connectivity index (χ0) is 19.3. The quantitative estimate of drug-likeness (QED) is 0.685. The molecule has 8 heteroatoms. The summed E-state index contributed by atoms with van der Waals surface area (Å²) in [6.07, 6.45) is 0.901. The van der Waals surface area contributed by atoms with E-state index in [0.29, 0.717) is 36.2 Å². The van der Waals surface area contributed by atoms with Crippen LogP contribution in [0.1, 0.15) is 5.56 Å². The minimum Gasteiger partial charge on any atom is -0.362 e. The lowest BCUT2D eigenvalue weighted by Gasteiger charge is -2.35. The van der Waals surface area contributed by atoms with Gasteiger partial charge in [0.15, 0.2) is 5.11 Å². The lowest BCUT2D eigenvalue weighted by molar-refractivity contribution is 0.264. The Morgan fingerprint density at radius 1 is 1.04 bits per heavy atom. The maximum absolute atomic E-state index is 12.8. The van der Waals surface area contributed by atoms with Crippen LogP contribution in [0.2, 0.25) is 0 Å². The van der Waals surface area contributed by atoms with Gasteiger partial charge >= 0.3 is 0 Å². The van der Waals surface area contributed by atoms with E-state index in [0.717, 1.165) is 17.4 Å². The molecule has 1 aliphatic heterocycles. The highest BCUT2D eigenvalue weighted by Gasteiger charge is 2.29. The molecule has 1 heterocycles. The van der Waals surface area contributed by atoms with Crippen molar-refractivity contribution in [3.05, 3.63) is 64.6 Å². The highest BCUT2D eigenvalue weighted by molar-refractivity contribution is 9.10. The van der Waals surface area contributed by atoms with Crippen molar-refractivity contribution in [2.75, 3.05) is 32.7 Å². The Kier molecular flexibility index (Phi) is 6.86. The summed E-state index contributed by atoms with van der Waals surface area (Å²) in [4.78, 5) is 2.35. The van der Waals surface area contributed by atoms with Crippen molar-refractivity contribution < 1.29 is 8.42 Å². The number of thiocarbonyl (C=S) groups is 1. The average Bonchev–Trinajstić information content (AvgIpc) is 2.69. The van der Waals surface area contributed by atoms with E-state index in [1.54, 1.807) is 18.2 Å². The fourth-order valence-electron chi connectivity index (χ4n) is 2.98. The molecular weight excluding hydrogens is 446 g/mol. The number of rotatable bonds is 5. The molecule has 0 radical (unpaired) electrons. The number of benzene rings is 2. The number of hydrogen-bond acceptors (Lipinski definition) is 3. The first-order valence-corrected chi connectivity index (χ1v) is 11.4. The summed E-state index contributed by atoms with van der Waals surface area (Å²) < 4.78 is 27.8. The Morgan fingerprint density at radius 3 is 2.41 bits per heavy atom. The molecule has 0 amide bonds. The number of piperazine rings is 1. The van der Waals surface area contributed by atoms with Crippen LogP contribution < -0.4 is 5.32 Å². The molecule has 1 saturated heterocycles. The molecule has 0 aromatic heterocycles. The van der Waals surface area contributed by atoms with Crippen LogP contribution in [-0.4, -0.2) is 55.5 Å². The van der Waals surface area contributed by atoms with Gasteiger partial charge in [-0.3, -0.25) is 0 Å². The van der Waals surface area contributed by atoms with Crippen LogP contribution in [0.5, 0.6) is 0 Å². The van der Waals surface area contributed by atoms with E-state index in [9.17, 15) is 8.42 Å². The third-order valence-corrected chi connectivity index (χ3v) is 7.28. The molecule has 0 atom stereocenters. The Bertz CT molecular complexity index is 883. The van der Waals surface area contributed by atoms with Crippen LogP contribution in [-0.2, 0) is 16.4 Å². The molecule has 0 saturated carbocycles. The van der Waals surface area contributed by atoms with Crippen molar-refractivity contribution in [2.24, 2.45) is 0 Å². The van der Waals surface area contributed by atoms with Gasteiger partial charge in [-0.25, -0.2) is 8.42 Å². The Balaban J connectivity index is 1.50. The standard InChI is InChI=1S/C19H22BrN3O2S2/c20-17-7-4-8-18(15-17)27(24,25)23-13-11-22(12-14-23)19(26)21-10-9-16-5-2-1-3-6-16/h1-8,15H,9-14H2,(H,21,26). The summed E-state index contributed by atoms with van der Waals surface area (Å²) >= 11 is 8.80. The van der Waals surface area contributed by atoms with Gasteiger partial charge in [0, 0.05) is 37.2 Å². The average molecular weight is 468 g/mol. The van der Waals surface area contributed by atoms with Gasteiger partial charge in [0.05, 0.1) is 4.90 Å². The van der Waals surface area contributed by atoms with Crippen molar-refractivity contribution in [1.29, 1.82) is 0 Å². The van der Waals surface area contributed by atoms with Crippen molar-refractivity contribution in [2.45, 2.75) is 11.3 Å². The minimum absolute atomic E-state index is 0.314. The van der Waals surface area contributed by atoms with E-state index >= 15 is 0 Å². The second-order valence-corrected chi connectivity index (χ2v) is 9.56. The summed E-state index contributed by atoms with van der Waals surface area (Å²) in [5, 5.41) is 3.96. The molecule has 0 spiro atoms. The summed E-state index contributed by atoms with van der Waals surface area (Å²) in [5.41, 5.74) is 1.26. The molecule has 2 aromatic carbocycles. The minimum atomic E-state index is -3.47. The topological polar surface area (TPSA) is 52.7 Å². The van der Waals surface area contributed by atoms with E-state index in [1.807, 2.05) is 29.2 Å². The fourth-order valence-corrected chi connectivity index (χ4v) is 5.28. The van der Waals surface area contributed by atoms with Gasteiger partial charge in [-0.1, -0.05) is 52.3 Å². The van der Waals surface area contributed by atoms with Gasteiger partial charge < -0.3 is 10.2 Å². The van der Waals surface area contributed by atoms with Gasteiger partial charge in [-0.05, 0) is 42.4 Å². The zero-order valence-electron chi connectivity index (χ0n) is 14.8. The maximum Gasteiger partial charge on any atom is 0.243 e. The molecule has 2 aromatic rings. The highest BCUT2D eigenvalue weighted by Crippen LogP contribution is 2.21. The molecule has 144 valence electrons. The predicted molar refractivity (Wildman–Crippen MR) is 115 cm³/mol. The van der Waals surface area contributed by atoms with Crippen molar-refractivity contribution in [1.82, 2.24) is 14.5 Å². The summed E-state index contributed by atoms with van der Waals surface area (Å²) in [5.74, 6) is 0. The molecule has 0 unspecified atom stereocenters. The van der Waals surface area contributed by atoms with Gasteiger partial charge in [0.25, 0.3) is 0 Å². The molecular formula is C19H22BrN3O2S2. The van der Waals surface area contributed by atoms with Crippen LogP contribution in [0.4, 0.5) is 0 Å². The molecule has 5 nitrogen and oxygen atoms in total. The summed E-state index contributed by atoms with van der Waals surface area (Å²) in [6.45, 7) is 2.79. The monoisotopic (exact) mass is 467 g/mol. The lowest BCUT2D eigenvalue weighted by Crippen LogP contribution is -2.53. The molecule has 1 aliphatic rings. The third kappa shape index (κ3) is 5.28. The first-order valence-electron chi connectivity index (χ1n) is 8.79. The lowest BCUT2D eigenvalue weighted by atomic mass is 10.1. The van der Waals surface area contributed by atoms with Gasteiger partial charge in [0.1, 0.15) is 0 Å². The van der Waals surface area contributed by atoms with Crippen LogP contribution in [0.3, 0.4) is 0 Å². The van der Waals surface area contributed by atoms with Crippen LogP contribution in [0.25, 0.3) is 0 Å². The second-order valence-electron chi connectivity index (χ2n) is 6.32. The SMILES string of the molecule is O=S(=O)(c1cccc(Br)c1)N1CCN(C(=S)NCCc2ccccc2)CC1. The number of hydrogen-bond donors (Lipinski definition) is 1. The maximum atomic E-state index is 12.8. The molecule has 1 fully saturated rings. The molecule has 0 aliphatic carbocycles. The number of halogens is 1. The van der Waals surface area contributed by atoms with Crippen LogP contribution in [0.15, 0.2) is 64.0 Å². The van der Waals surface area contributed by atoms with Crippen molar-refractivity contribution >= 4 is 43.3 Å². The first kappa shape index (κ1) is 20.3. The predicted octanol–water partition coefficient (Wildman–Crippen LogP) is 2.87. The van der Waals surface area contributed by atoms with Gasteiger partial charge in [0.2, 0.25) is 10.0 Å². The normalized spacial score (nSPS) is 15.5. The van der Waals surface area contributed by atoms with E-state index in [-0.39, 0.29) is 0 Å². The number of nitrogens with one attached hydrogen (secondary N) is 1. The van der Waals surface area contributed by atoms with Crippen LogP contribution >= 0.6 is 28.1 Å². The van der Waals surface area contributed by atoms with Gasteiger partial charge in [-0.2, -0.15) is 4.31 Å². The van der Waals surface area contributed by atoms with E-state index in [2.05, 4.69) is 33.4 Å². The van der Waals surface area contributed by atoms with Crippen molar-refractivity contribution in [3.63, 3.8) is 0 Å². The molecule has 1 N–H and O–H groups in total. The summed E-state index contributed by atoms with van der Waals surface area (Å²) in [6, 6.07) is 17.1. The van der Waals surface area contributed by atoms with Crippen LogP contribution in [0, 0.1) is 0 Å². The zero-order valence-corrected chi connectivity index (χ0v) is 18.1. The van der Waals surface area contributed by atoms with E-state index < -0.39 is 10.0 Å². The molecule has 0 bridgehead atoms. The van der Waals surface area contributed by atoms with Gasteiger partial charge in [-0.15, -0.1) is 0 Å². The van der Waals surface area contributed by atoms with E-state index in [1.165, 1.54) is 9.87 Å². The smallest absolute Gasteiger partial charge is 0.243 e. The number of sulfonamides is 1. The third-order valence-electron chi connectivity index (χ3n) is 4.49. The Hall–Kier alpha value is -1.48. The second kappa shape index (κ2) is 9.14. The largest absolute Gasteiger partial charge is 0.362 e. The molecule has 27 heavy (non-hydrogen) atoms. The fraction of sp³-hybridized carbons (Fsp3) is 0.316. The first-order chi connectivity index (χ1) is 13.0. The molecule has 3 rings (SSSR count). The Morgan fingerprint density at radius 2 is 1.74 bits per heavy atom. The highest BCUT2D eigenvalue weighted by atomic mass is 79.9. The van der Waals surface area contributed by atoms with Crippen molar-refractivity contribution in [3.8, 4) is 0 Å². The summed E-state index contributed by atoms with van der Waals surface area (Å²) in [7, 11) is -3.47.